The summed E-state index contributed by atoms with van der Waals surface area (Å²) >= 11 is 0. The summed E-state index contributed by atoms with van der Waals surface area (Å²) in [5.41, 5.74) is 2.81. The van der Waals surface area contributed by atoms with Crippen LogP contribution in [0, 0.1) is 12.8 Å². The van der Waals surface area contributed by atoms with Gasteiger partial charge in [0.15, 0.2) is 0 Å². The molecule has 82 valence electrons. The molecule has 0 saturated carbocycles. The fraction of sp³-hybridized carbons (Fsp3) is 0.538. The molecule has 0 bridgehead atoms. The van der Waals surface area contributed by atoms with Gasteiger partial charge in [-0.25, -0.2) is 0 Å². The predicted molar refractivity (Wildman–Crippen MR) is 62.4 cm³/mol. The Bertz CT molecular complexity index is 329. The monoisotopic (exact) mass is 205 g/mol. The minimum atomic E-state index is 0.817. The molecule has 0 radical (unpaired) electrons. The fourth-order valence-electron chi connectivity index (χ4n) is 2.22. The van der Waals surface area contributed by atoms with E-state index in [9.17, 15) is 0 Å². The number of rotatable bonds is 3. The maximum absolute atomic E-state index is 5.21. The highest BCUT2D eigenvalue weighted by Gasteiger charge is 2.15. The number of hydrogen-bond donors (Lipinski definition) is 1. The van der Waals surface area contributed by atoms with Gasteiger partial charge in [-0.2, -0.15) is 0 Å². The van der Waals surface area contributed by atoms with Crippen LogP contribution in [0.1, 0.15) is 17.5 Å². The van der Waals surface area contributed by atoms with Crippen LogP contribution in [0.15, 0.2) is 18.2 Å². The first-order valence-electron chi connectivity index (χ1n) is 5.64. The third-order valence-electron chi connectivity index (χ3n) is 3.22. The molecule has 1 atom stereocenters. The first kappa shape index (κ1) is 10.5. The summed E-state index contributed by atoms with van der Waals surface area (Å²) in [6.45, 7) is 4.52. The van der Waals surface area contributed by atoms with Crippen molar-refractivity contribution in [3.05, 3.63) is 29.3 Å². The summed E-state index contributed by atoms with van der Waals surface area (Å²) in [4.78, 5) is 0. The third kappa shape index (κ3) is 2.51. The zero-order valence-corrected chi connectivity index (χ0v) is 9.55. The van der Waals surface area contributed by atoms with E-state index in [1.54, 1.807) is 7.11 Å². The van der Waals surface area contributed by atoms with E-state index in [1.807, 2.05) is 0 Å². The van der Waals surface area contributed by atoms with Gasteiger partial charge in [0.25, 0.3) is 0 Å². The molecule has 0 spiro atoms. The molecule has 2 heteroatoms. The standard InChI is InChI=1S/C13H19NO/c1-10-7-13(15-2)4-3-12(10)8-11-5-6-14-9-11/h3-4,7,11,14H,5-6,8-9H2,1-2H3. The van der Waals surface area contributed by atoms with Crippen LogP contribution in [0.3, 0.4) is 0 Å². The molecular formula is C13H19NO. The van der Waals surface area contributed by atoms with Crippen LogP contribution in [0.4, 0.5) is 0 Å². The Kier molecular flexibility index (Phi) is 3.27. The quantitative estimate of drug-likeness (QED) is 0.816. The second kappa shape index (κ2) is 4.67. The van der Waals surface area contributed by atoms with Crippen molar-refractivity contribution < 1.29 is 4.74 Å². The largest absolute Gasteiger partial charge is 0.497 e. The summed E-state index contributed by atoms with van der Waals surface area (Å²) in [6, 6.07) is 6.38. The molecule has 0 amide bonds. The highest BCUT2D eigenvalue weighted by molar-refractivity contribution is 5.35. The van der Waals surface area contributed by atoms with Crippen molar-refractivity contribution in [1.29, 1.82) is 0 Å². The number of aryl methyl sites for hydroxylation is 1. The van der Waals surface area contributed by atoms with Gasteiger partial charge in [0, 0.05) is 0 Å². The fourth-order valence-corrected chi connectivity index (χ4v) is 2.22. The molecule has 1 aromatic rings. The van der Waals surface area contributed by atoms with Crippen molar-refractivity contribution >= 4 is 0 Å². The van der Waals surface area contributed by atoms with Gasteiger partial charge >= 0.3 is 0 Å². The third-order valence-corrected chi connectivity index (χ3v) is 3.22. The van der Waals surface area contributed by atoms with Gasteiger partial charge in [0.2, 0.25) is 0 Å². The van der Waals surface area contributed by atoms with Gasteiger partial charge in [0.05, 0.1) is 7.11 Å². The Morgan fingerprint density at radius 3 is 2.93 bits per heavy atom. The molecule has 1 fully saturated rings. The molecule has 1 aliphatic heterocycles. The lowest BCUT2D eigenvalue weighted by molar-refractivity contribution is 0.414. The smallest absolute Gasteiger partial charge is 0.119 e. The summed E-state index contributed by atoms with van der Waals surface area (Å²) in [5, 5.41) is 3.41. The zero-order valence-electron chi connectivity index (χ0n) is 9.55. The first-order chi connectivity index (χ1) is 7.29. The SMILES string of the molecule is COc1ccc(CC2CCNC2)c(C)c1. The number of methoxy groups -OCH3 is 1. The molecule has 0 aromatic heterocycles. The second-order valence-electron chi connectivity index (χ2n) is 4.36. The number of hydrogen-bond acceptors (Lipinski definition) is 2. The lowest BCUT2D eigenvalue weighted by Crippen LogP contribution is -2.11. The Hall–Kier alpha value is -1.02. The Balaban J connectivity index is 2.07. The van der Waals surface area contributed by atoms with Crippen LogP contribution in [0.2, 0.25) is 0 Å². The summed E-state index contributed by atoms with van der Waals surface area (Å²) in [6.07, 6.45) is 2.51. The van der Waals surface area contributed by atoms with Gasteiger partial charge < -0.3 is 10.1 Å². The van der Waals surface area contributed by atoms with E-state index in [2.05, 4.69) is 30.4 Å². The molecule has 1 N–H and O–H groups in total. The van der Waals surface area contributed by atoms with Crippen LogP contribution in [0.25, 0.3) is 0 Å². The van der Waals surface area contributed by atoms with E-state index in [1.165, 1.54) is 37.1 Å². The van der Waals surface area contributed by atoms with Crippen molar-refractivity contribution in [2.45, 2.75) is 19.8 Å². The van der Waals surface area contributed by atoms with Crippen molar-refractivity contribution in [2.75, 3.05) is 20.2 Å². The average molecular weight is 205 g/mol. The van der Waals surface area contributed by atoms with Gasteiger partial charge in [-0.3, -0.25) is 0 Å². The molecule has 1 heterocycles. The topological polar surface area (TPSA) is 21.3 Å². The number of ether oxygens (including phenoxy) is 1. The van der Waals surface area contributed by atoms with E-state index >= 15 is 0 Å². The molecular weight excluding hydrogens is 186 g/mol. The van der Waals surface area contributed by atoms with Crippen molar-refractivity contribution in [2.24, 2.45) is 5.92 Å². The van der Waals surface area contributed by atoms with E-state index in [4.69, 9.17) is 4.74 Å². The van der Waals surface area contributed by atoms with Gasteiger partial charge in [0.1, 0.15) is 5.75 Å². The van der Waals surface area contributed by atoms with E-state index in [0.29, 0.717) is 0 Å². The van der Waals surface area contributed by atoms with Crippen molar-refractivity contribution in [1.82, 2.24) is 5.32 Å². The van der Waals surface area contributed by atoms with Crippen LogP contribution in [0.5, 0.6) is 5.75 Å². The Morgan fingerprint density at radius 1 is 1.47 bits per heavy atom. The molecule has 2 nitrogen and oxygen atoms in total. The molecule has 1 aliphatic rings. The molecule has 15 heavy (non-hydrogen) atoms. The molecule has 1 aromatic carbocycles. The van der Waals surface area contributed by atoms with Gasteiger partial charge in [-0.1, -0.05) is 6.07 Å². The van der Waals surface area contributed by atoms with Gasteiger partial charge in [-0.15, -0.1) is 0 Å². The highest BCUT2D eigenvalue weighted by atomic mass is 16.5. The summed E-state index contributed by atoms with van der Waals surface area (Å²) in [5.74, 6) is 1.78. The Morgan fingerprint density at radius 2 is 2.33 bits per heavy atom. The van der Waals surface area contributed by atoms with Gasteiger partial charge in [-0.05, 0) is 62.0 Å². The Labute approximate surface area is 91.6 Å². The predicted octanol–water partition coefficient (Wildman–Crippen LogP) is 2.16. The van der Waals surface area contributed by atoms with Crippen LogP contribution in [-0.4, -0.2) is 20.2 Å². The summed E-state index contributed by atoms with van der Waals surface area (Å²) in [7, 11) is 1.72. The normalized spacial score (nSPS) is 20.5. The lowest BCUT2D eigenvalue weighted by Gasteiger charge is -2.11. The van der Waals surface area contributed by atoms with E-state index in [0.717, 1.165) is 11.7 Å². The first-order valence-corrected chi connectivity index (χ1v) is 5.64. The molecule has 1 saturated heterocycles. The van der Waals surface area contributed by atoms with Crippen LogP contribution >= 0.6 is 0 Å². The average Bonchev–Trinajstić information content (AvgIpc) is 2.74. The van der Waals surface area contributed by atoms with Crippen molar-refractivity contribution in [3.8, 4) is 5.75 Å². The maximum Gasteiger partial charge on any atom is 0.119 e. The highest BCUT2D eigenvalue weighted by Crippen LogP contribution is 2.21. The zero-order chi connectivity index (χ0) is 10.7. The van der Waals surface area contributed by atoms with Crippen molar-refractivity contribution in [3.63, 3.8) is 0 Å². The molecule has 0 aliphatic carbocycles. The second-order valence-corrected chi connectivity index (χ2v) is 4.36. The summed E-state index contributed by atoms with van der Waals surface area (Å²) < 4.78 is 5.21. The van der Waals surface area contributed by atoms with E-state index in [-0.39, 0.29) is 0 Å². The van der Waals surface area contributed by atoms with E-state index < -0.39 is 0 Å². The van der Waals surface area contributed by atoms with Crippen LogP contribution < -0.4 is 10.1 Å². The maximum atomic E-state index is 5.21. The van der Waals surface area contributed by atoms with Crippen LogP contribution in [-0.2, 0) is 6.42 Å². The minimum Gasteiger partial charge on any atom is -0.497 e. The molecule has 1 unspecified atom stereocenters. The molecule has 2 rings (SSSR count). The number of benzene rings is 1. The lowest BCUT2D eigenvalue weighted by atomic mass is 9.95. The minimum absolute atomic E-state index is 0.817. The number of nitrogens with one attached hydrogen (secondary N) is 1.